The van der Waals surface area contributed by atoms with E-state index < -0.39 is 5.24 Å². The van der Waals surface area contributed by atoms with Crippen LogP contribution in [0.2, 0.25) is 0 Å². The van der Waals surface area contributed by atoms with E-state index >= 15 is 0 Å². The van der Waals surface area contributed by atoms with Gasteiger partial charge in [-0.2, -0.15) is 0 Å². The van der Waals surface area contributed by atoms with Crippen LogP contribution in [0.15, 0.2) is 18.2 Å². The van der Waals surface area contributed by atoms with E-state index in [0.717, 1.165) is 11.1 Å². The summed E-state index contributed by atoms with van der Waals surface area (Å²) in [4.78, 5) is 21.8. The molecule has 1 aromatic rings. The number of carbonyl (C=O) groups excluding carboxylic acids is 2. The maximum atomic E-state index is 10.9. The van der Waals surface area contributed by atoms with Gasteiger partial charge in [-0.05, 0) is 34.9 Å². The van der Waals surface area contributed by atoms with Crippen LogP contribution < -0.4 is 0 Å². The van der Waals surface area contributed by atoms with E-state index in [1.807, 2.05) is 0 Å². The molecule has 0 saturated heterocycles. The molecule has 0 aromatic heterocycles. The molecule has 1 aliphatic rings. The van der Waals surface area contributed by atoms with Crippen molar-refractivity contribution in [1.82, 2.24) is 0 Å². The molecule has 2 rings (SSSR count). The van der Waals surface area contributed by atoms with Gasteiger partial charge in [0.15, 0.2) is 0 Å². The summed E-state index contributed by atoms with van der Waals surface area (Å²) in [5.74, 6) is -0.234. The quantitative estimate of drug-likeness (QED) is 0.523. The zero-order valence-corrected chi connectivity index (χ0v) is 8.00. The molecule has 0 fully saturated rings. The summed E-state index contributed by atoms with van der Waals surface area (Å²) in [5.41, 5.74) is 2.20. The molecule has 4 heteroatoms. The van der Waals surface area contributed by atoms with E-state index in [4.69, 9.17) is 16.3 Å². The maximum absolute atomic E-state index is 10.9. The van der Waals surface area contributed by atoms with E-state index in [9.17, 15) is 9.59 Å². The Morgan fingerprint density at radius 1 is 1.36 bits per heavy atom. The molecule has 0 radical (unpaired) electrons. The van der Waals surface area contributed by atoms with Gasteiger partial charge >= 0.3 is 5.97 Å². The Bertz CT molecular complexity index is 412. The number of cyclic esters (lactones) is 1. The van der Waals surface area contributed by atoms with E-state index in [0.29, 0.717) is 5.56 Å². The lowest BCUT2D eigenvalue weighted by Gasteiger charge is -2.15. The van der Waals surface area contributed by atoms with Crippen molar-refractivity contribution in [3.05, 3.63) is 34.9 Å². The summed E-state index contributed by atoms with van der Waals surface area (Å²) >= 11 is 5.33. The number of esters is 1. The van der Waals surface area contributed by atoms with Gasteiger partial charge in [0.1, 0.15) is 6.61 Å². The minimum absolute atomic E-state index is 0.228. The monoisotopic (exact) mass is 210 g/mol. The lowest BCUT2D eigenvalue weighted by Crippen LogP contribution is -2.16. The average molecular weight is 211 g/mol. The van der Waals surface area contributed by atoms with E-state index in [2.05, 4.69) is 0 Å². The predicted molar refractivity (Wildman–Crippen MR) is 50.1 cm³/mol. The molecule has 0 amide bonds. The first kappa shape index (κ1) is 9.21. The fraction of sp³-hybridized carbons (Fsp3) is 0.200. The number of rotatable bonds is 1. The first-order valence-electron chi connectivity index (χ1n) is 4.14. The molecule has 0 atom stereocenters. The number of fused-ring (bicyclic) bond motifs is 1. The van der Waals surface area contributed by atoms with Gasteiger partial charge < -0.3 is 4.74 Å². The van der Waals surface area contributed by atoms with Crippen molar-refractivity contribution in [2.75, 3.05) is 0 Å². The second-order valence-electron chi connectivity index (χ2n) is 3.09. The molecule has 0 aliphatic carbocycles. The first-order valence-corrected chi connectivity index (χ1v) is 4.52. The fourth-order valence-corrected chi connectivity index (χ4v) is 1.54. The average Bonchev–Trinajstić information content (AvgIpc) is 2.16. The van der Waals surface area contributed by atoms with Crippen LogP contribution in [0.1, 0.15) is 21.5 Å². The molecule has 3 nitrogen and oxygen atoms in total. The third kappa shape index (κ3) is 1.63. The molecular weight excluding hydrogens is 204 g/mol. The van der Waals surface area contributed by atoms with Gasteiger partial charge in [0.25, 0.3) is 5.24 Å². The van der Waals surface area contributed by atoms with Crippen molar-refractivity contribution in [2.45, 2.75) is 13.0 Å². The van der Waals surface area contributed by atoms with E-state index in [1.54, 1.807) is 18.2 Å². The van der Waals surface area contributed by atoms with Crippen LogP contribution in [0.4, 0.5) is 0 Å². The minimum atomic E-state index is -0.496. The largest absolute Gasteiger partial charge is 0.461 e. The Morgan fingerprint density at radius 3 is 2.86 bits per heavy atom. The highest BCUT2D eigenvalue weighted by Crippen LogP contribution is 2.19. The van der Waals surface area contributed by atoms with Crippen LogP contribution in [0, 0.1) is 0 Å². The minimum Gasteiger partial charge on any atom is -0.461 e. The molecule has 0 spiro atoms. The number of carbonyl (C=O) groups is 2. The zero-order valence-electron chi connectivity index (χ0n) is 7.25. The fourth-order valence-electron chi connectivity index (χ4n) is 1.42. The van der Waals surface area contributed by atoms with E-state index in [1.165, 1.54) is 0 Å². The Kier molecular flexibility index (Phi) is 2.25. The van der Waals surface area contributed by atoms with Crippen LogP contribution in [-0.4, -0.2) is 11.2 Å². The summed E-state index contributed by atoms with van der Waals surface area (Å²) < 4.78 is 4.85. The smallest absolute Gasteiger partial charge is 0.310 e. The number of ether oxygens (including phenoxy) is 1. The van der Waals surface area contributed by atoms with E-state index in [-0.39, 0.29) is 19.0 Å². The third-order valence-corrected chi connectivity index (χ3v) is 2.37. The van der Waals surface area contributed by atoms with Crippen LogP contribution in [0.25, 0.3) is 0 Å². The summed E-state index contributed by atoms with van der Waals surface area (Å²) in [5, 5.41) is -0.496. The van der Waals surface area contributed by atoms with Crippen LogP contribution >= 0.6 is 11.6 Å². The molecule has 1 aromatic carbocycles. The summed E-state index contributed by atoms with van der Waals surface area (Å²) in [6.07, 6.45) is 0.270. The van der Waals surface area contributed by atoms with Crippen LogP contribution in [-0.2, 0) is 22.6 Å². The predicted octanol–water partition coefficient (Wildman–Crippen LogP) is 1.66. The highest BCUT2D eigenvalue weighted by atomic mass is 35.5. The van der Waals surface area contributed by atoms with Crippen molar-refractivity contribution in [3.63, 3.8) is 0 Å². The van der Waals surface area contributed by atoms with Gasteiger partial charge in [-0.25, -0.2) is 0 Å². The number of halogens is 1. The molecule has 0 bridgehead atoms. The highest BCUT2D eigenvalue weighted by molar-refractivity contribution is 6.67. The topological polar surface area (TPSA) is 43.4 Å². The standard InChI is InChI=1S/C10H7ClO3/c11-10(13)7-2-1-6-4-9(12)14-5-8(6)3-7/h1-3H,4-5H2. The SMILES string of the molecule is O=C1Cc2ccc(C(=O)Cl)cc2CO1. The summed E-state index contributed by atoms with van der Waals surface area (Å²) in [6, 6.07) is 5.02. The molecule has 1 heterocycles. The van der Waals surface area contributed by atoms with Gasteiger partial charge in [-0.15, -0.1) is 0 Å². The highest BCUT2D eigenvalue weighted by Gasteiger charge is 2.17. The molecule has 14 heavy (non-hydrogen) atoms. The number of hydrogen-bond donors (Lipinski definition) is 0. The van der Waals surface area contributed by atoms with Crippen molar-refractivity contribution in [1.29, 1.82) is 0 Å². The van der Waals surface area contributed by atoms with Crippen molar-refractivity contribution < 1.29 is 14.3 Å². The Labute approximate surface area is 85.6 Å². The van der Waals surface area contributed by atoms with Crippen molar-refractivity contribution >= 4 is 22.8 Å². The van der Waals surface area contributed by atoms with Crippen molar-refractivity contribution in [3.8, 4) is 0 Å². The lowest BCUT2D eigenvalue weighted by molar-refractivity contribution is -0.145. The van der Waals surface area contributed by atoms with Gasteiger partial charge in [0, 0.05) is 5.56 Å². The summed E-state index contributed by atoms with van der Waals surface area (Å²) in [7, 11) is 0. The lowest BCUT2D eigenvalue weighted by atomic mass is 10.0. The molecule has 1 aliphatic heterocycles. The first-order chi connectivity index (χ1) is 6.66. The van der Waals surface area contributed by atoms with Crippen LogP contribution in [0.3, 0.4) is 0 Å². The van der Waals surface area contributed by atoms with Gasteiger partial charge in [-0.3, -0.25) is 9.59 Å². The Morgan fingerprint density at radius 2 is 2.14 bits per heavy atom. The molecule has 0 N–H and O–H groups in total. The van der Waals surface area contributed by atoms with Gasteiger partial charge in [-0.1, -0.05) is 6.07 Å². The Balaban J connectivity index is 2.41. The second-order valence-corrected chi connectivity index (χ2v) is 3.44. The second kappa shape index (κ2) is 3.42. The number of hydrogen-bond acceptors (Lipinski definition) is 3. The number of benzene rings is 1. The molecule has 0 saturated carbocycles. The third-order valence-electron chi connectivity index (χ3n) is 2.16. The van der Waals surface area contributed by atoms with Gasteiger partial charge in [0.2, 0.25) is 0 Å². The molecule has 0 unspecified atom stereocenters. The summed E-state index contributed by atoms with van der Waals surface area (Å²) in [6.45, 7) is 0.228. The normalized spacial score (nSPS) is 14.5. The Hall–Kier alpha value is -1.35. The molecule has 72 valence electrons. The zero-order chi connectivity index (χ0) is 10.1. The van der Waals surface area contributed by atoms with Crippen molar-refractivity contribution in [2.24, 2.45) is 0 Å². The molecular formula is C10H7ClO3. The maximum Gasteiger partial charge on any atom is 0.310 e. The van der Waals surface area contributed by atoms with Crippen LogP contribution in [0.5, 0.6) is 0 Å². The van der Waals surface area contributed by atoms with Gasteiger partial charge in [0.05, 0.1) is 6.42 Å².